The molecule has 0 saturated carbocycles. The van der Waals surface area contributed by atoms with Gasteiger partial charge in [-0.1, -0.05) is 66.2 Å². The predicted molar refractivity (Wildman–Crippen MR) is 247 cm³/mol. The highest BCUT2D eigenvalue weighted by Crippen LogP contribution is 2.31. The molecule has 16 heteroatoms. The fourth-order valence-corrected chi connectivity index (χ4v) is 9.38. The van der Waals surface area contributed by atoms with Crippen molar-refractivity contribution in [3.8, 4) is 11.1 Å². The van der Waals surface area contributed by atoms with Gasteiger partial charge in [-0.25, -0.2) is 13.1 Å². The van der Waals surface area contributed by atoms with E-state index in [2.05, 4.69) is 42.9 Å². The Kier molecular flexibility index (Phi) is 16.4. The summed E-state index contributed by atoms with van der Waals surface area (Å²) >= 11 is 7.71. The van der Waals surface area contributed by atoms with Crippen LogP contribution in [-0.4, -0.2) is 98.2 Å². The molecule has 1 saturated heterocycles. The van der Waals surface area contributed by atoms with Crippen molar-refractivity contribution in [3.63, 3.8) is 0 Å². The first-order valence-electron chi connectivity index (χ1n) is 20.5. The predicted octanol–water partition coefficient (Wildman–Crippen LogP) is 8.51. The average molecular weight is 900 g/mol. The number of benzene rings is 5. The van der Waals surface area contributed by atoms with Crippen molar-refractivity contribution < 1.29 is 28.0 Å². The number of carbonyl (C=O) groups is 2. The fraction of sp³-hybridized carbons (Fsp3) is 0.304. The number of nitrogens with one attached hydrogen (secondary N) is 2. The van der Waals surface area contributed by atoms with Crippen molar-refractivity contribution in [1.82, 2.24) is 14.5 Å². The van der Waals surface area contributed by atoms with Gasteiger partial charge in [0.25, 0.3) is 21.6 Å². The van der Waals surface area contributed by atoms with Crippen LogP contribution < -0.4 is 14.9 Å². The minimum absolute atomic E-state index is 0.113. The molecule has 1 fully saturated rings. The molecule has 1 aliphatic rings. The molecule has 5 aromatic rings. The van der Waals surface area contributed by atoms with Crippen molar-refractivity contribution >= 4 is 62.3 Å². The van der Waals surface area contributed by atoms with E-state index < -0.39 is 37.4 Å². The molecule has 326 valence electrons. The van der Waals surface area contributed by atoms with E-state index in [1.54, 1.807) is 36.0 Å². The second-order valence-corrected chi connectivity index (χ2v) is 18.5. The number of carboxylic acids is 1. The van der Waals surface area contributed by atoms with Crippen molar-refractivity contribution in [3.05, 3.63) is 148 Å². The van der Waals surface area contributed by atoms with Crippen LogP contribution in [0.5, 0.6) is 0 Å². The summed E-state index contributed by atoms with van der Waals surface area (Å²) in [6.07, 6.45) is 2.02. The quantitative estimate of drug-likeness (QED) is 0.0279. The Bertz CT molecular complexity index is 2400. The maximum atomic E-state index is 13.5. The Morgan fingerprint density at radius 1 is 0.887 bits per heavy atom. The second-order valence-electron chi connectivity index (χ2n) is 15.3. The van der Waals surface area contributed by atoms with Crippen LogP contribution in [0.15, 0.2) is 131 Å². The zero-order valence-corrected chi connectivity index (χ0v) is 36.9. The summed E-state index contributed by atoms with van der Waals surface area (Å²) in [4.78, 5) is 43.2. The van der Waals surface area contributed by atoms with Crippen LogP contribution in [0.3, 0.4) is 0 Å². The van der Waals surface area contributed by atoms with E-state index in [9.17, 15) is 28.1 Å². The van der Waals surface area contributed by atoms with Crippen LogP contribution in [0.4, 0.5) is 17.1 Å². The number of piperazine rings is 1. The Morgan fingerprint density at radius 3 is 2.27 bits per heavy atom. The molecular formula is C46H51ClN6O7S2. The molecule has 1 amide bonds. The van der Waals surface area contributed by atoms with E-state index in [4.69, 9.17) is 16.7 Å². The number of hydrogen-bond acceptors (Lipinski definition) is 11. The molecule has 6 rings (SSSR count). The van der Waals surface area contributed by atoms with Crippen molar-refractivity contribution in [1.29, 1.82) is 0 Å². The maximum absolute atomic E-state index is 13.5. The summed E-state index contributed by atoms with van der Waals surface area (Å²) < 4.78 is 29.0. The molecule has 0 aliphatic carbocycles. The van der Waals surface area contributed by atoms with Gasteiger partial charge < -0.3 is 20.2 Å². The van der Waals surface area contributed by atoms with E-state index in [0.29, 0.717) is 36.7 Å². The number of hydrogen-bond donors (Lipinski definition) is 3. The summed E-state index contributed by atoms with van der Waals surface area (Å²) in [5.74, 6) is -1.11. The third-order valence-corrected chi connectivity index (χ3v) is 13.5. The van der Waals surface area contributed by atoms with Crippen molar-refractivity contribution in [2.75, 3.05) is 62.3 Å². The van der Waals surface area contributed by atoms with Crippen molar-refractivity contribution in [2.45, 2.75) is 48.1 Å². The van der Waals surface area contributed by atoms with Crippen LogP contribution in [-0.2, 0) is 21.4 Å². The SMILES string of the molecule is CN(CCCCC(=O)O)CCC(CSc1ccccc1)Nc1ccc(S(=O)(=O)NC(=O)c2ccc(N3CCN(Cc4ccccc4-c4ccc(Cl)cc4)CC3)cc2)cc1[N+](=O)[O-]. The lowest BCUT2D eigenvalue weighted by Crippen LogP contribution is -2.46. The summed E-state index contributed by atoms with van der Waals surface area (Å²) in [6, 6.07) is 36.1. The summed E-state index contributed by atoms with van der Waals surface area (Å²) in [5, 5.41) is 25.2. The Balaban J connectivity index is 1.05. The molecule has 1 unspecified atom stereocenters. The monoisotopic (exact) mass is 898 g/mol. The molecule has 1 heterocycles. The van der Waals surface area contributed by atoms with Gasteiger partial charge in [-0.05, 0) is 117 Å². The molecular weight excluding hydrogens is 848 g/mol. The third-order valence-electron chi connectivity index (χ3n) is 10.7. The molecule has 3 N–H and O–H groups in total. The van der Waals surface area contributed by atoms with Crippen LogP contribution in [0.2, 0.25) is 5.02 Å². The van der Waals surface area contributed by atoms with Gasteiger partial charge in [-0.2, -0.15) is 0 Å². The third kappa shape index (κ3) is 13.3. The molecule has 0 spiro atoms. The first-order chi connectivity index (χ1) is 29.8. The average Bonchev–Trinajstić information content (AvgIpc) is 3.27. The van der Waals surface area contributed by atoms with E-state index in [1.807, 2.05) is 67.7 Å². The van der Waals surface area contributed by atoms with E-state index in [-0.39, 0.29) is 23.7 Å². The first-order valence-corrected chi connectivity index (χ1v) is 23.3. The van der Waals surface area contributed by atoms with Crippen LogP contribution >= 0.6 is 23.4 Å². The van der Waals surface area contributed by atoms with E-state index in [0.717, 1.165) is 61.4 Å². The summed E-state index contributed by atoms with van der Waals surface area (Å²) in [5.41, 5.74) is 4.28. The number of anilines is 2. The van der Waals surface area contributed by atoms with Crippen molar-refractivity contribution in [2.24, 2.45) is 0 Å². The van der Waals surface area contributed by atoms with Gasteiger partial charge >= 0.3 is 5.97 Å². The van der Waals surface area contributed by atoms with Gasteiger partial charge in [0.2, 0.25) is 0 Å². The van der Waals surface area contributed by atoms with Gasteiger partial charge in [0, 0.05) is 78.2 Å². The van der Waals surface area contributed by atoms with Gasteiger partial charge in [0.15, 0.2) is 0 Å². The van der Waals surface area contributed by atoms with Gasteiger partial charge in [0.1, 0.15) is 5.69 Å². The smallest absolute Gasteiger partial charge is 0.303 e. The molecule has 1 aliphatic heterocycles. The van der Waals surface area contributed by atoms with Gasteiger partial charge in [-0.15, -0.1) is 11.8 Å². The summed E-state index contributed by atoms with van der Waals surface area (Å²) in [6.45, 7) is 5.35. The number of carbonyl (C=O) groups excluding carboxylic acids is 1. The standard InChI is InChI=1S/C46H51ClN6O7S2/c1-50(25-8-7-13-45(54)55)26-24-38(33-61-40-10-3-2-4-11-40)48-43-23-22-41(31-44(43)53(57)58)62(59,60)49-46(56)35-16-20-39(21-17-35)52-29-27-51(28-30-52)32-36-9-5-6-12-42(36)34-14-18-37(47)19-15-34/h2-6,9-12,14-23,31,38,48H,7-8,13,24-30,32-33H2,1H3,(H,49,56)(H,54,55). The number of unbranched alkanes of at least 4 members (excludes halogenated alkanes) is 1. The number of thioether (sulfide) groups is 1. The Labute approximate surface area is 372 Å². The maximum Gasteiger partial charge on any atom is 0.303 e. The summed E-state index contributed by atoms with van der Waals surface area (Å²) in [7, 11) is -2.53. The second kappa shape index (κ2) is 22.1. The Hall–Kier alpha value is -5.45. The fourth-order valence-electron chi connectivity index (χ4n) is 7.27. The minimum atomic E-state index is -4.48. The highest BCUT2D eigenvalue weighted by atomic mass is 35.5. The van der Waals surface area contributed by atoms with Crippen LogP contribution in [0.25, 0.3) is 11.1 Å². The number of halogens is 1. The number of nitro groups is 1. The normalized spacial score (nSPS) is 13.8. The van der Waals surface area contributed by atoms with Crippen LogP contribution in [0, 0.1) is 10.1 Å². The number of rotatable bonds is 21. The number of amides is 1. The van der Waals surface area contributed by atoms with Gasteiger partial charge in [-0.3, -0.25) is 24.6 Å². The number of carboxylic acid groups (broad SMARTS) is 1. The van der Waals surface area contributed by atoms with E-state index in [1.165, 1.54) is 23.3 Å². The largest absolute Gasteiger partial charge is 0.481 e. The highest BCUT2D eigenvalue weighted by molar-refractivity contribution is 7.99. The molecule has 5 aromatic carbocycles. The highest BCUT2D eigenvalue weighted by Gasteiger charge is 2.26. The molecule has 0 bridgehead atoms. The lowest BCUT2D eigenvalue weighted by atomic mass is 9.99. The van der Waals surface area contributed by atoms with E-state index >= 15 is 0 Å². The topological polar surface area (TPSA) is 165 Å². The zero-order valence-electron chi connectivity index (χ0n) is 34.5. The molecule has 1 atom stereocenters. The molecule has 0 radical (unpaired) electrons. The number of aliphatic carboxylic acids is 1. The zero-order chi connectivity index (χ0) is 44.1. The molecule has 13 nitrogen and oxygen atoms in total. The molecule has 0 aromatic heterocycles. The number of nitro benzene ring substituents is 1. The lowest BCUT2D eigenvalue weighted by Gasteiger charge is -2.36. The molecule has 62 heavy (non-hydrogen) atoms. The van der Waals surface area contributed by atoms with Crippen LogP contribution in [0.1, 0.15) is 41.6 Å². The number of nitrogens with zero attached hydrogens (tertiary/aromatic N) is 4. The number of sulfonamides is 1. The minimum Gasteiger partial charge on any atom is -0.481 e. The first kappa shape index (κ1) is 46.1. The lowest BCUT2D eigenvalue weighted by molar-refractivity contribution is -0.384. The van der Waals surface area contributed by atoms with Gasteiger partial charge in [0.05, 0.1) is 9.82 Å². The Morgan fingerprint density at radius 2 is 1.58 bits per heavy atom.